The van der Waals surface area contributed by atoms with Crippen molar-refractivity contribution in [2.75, 3.05) is 26.2 Å². The lowest BCUT2D eigenvalue weighted by molar-refractivity contribution is -0.125. The molecule has 8 heteroatoms. The standard InChI is InChI=1S/C25H27N7O/c1-2-23(33)31-12-8-25(17-31)7-4-11-30(16-25)15-18-13-20-19(6-10-26-24(20)29-18)21-14-28-32-22(21)5-3-9-27-32/h2-3,5-6,9-10,13-14H,1,4,7-8,11-12,15-17H2,(H,26,29). The number of likely N-dealkylation sites (tertiary alicyclic amines) is 2. The zero-order chi connectivity index (χ0) is 22.4. The molecule has 2 fully saturated rings. The van der Waals surface area contributed by atoms with E-state index in [0.29, 0.717) is 0 Å². The zero-order valence-electron chi connectivity index (χ0n) is 18.6. The van der Waals surface area contributed by atoms with Crippen LogP contribution in [-0.2, 0) is 11.3 Å². The Bertz CT molecular complexity index is 1360. The van der Waals surface area contributed by atoms with Crippen molar-refractivity contribution in [3.05, 3.63) is 61.2 Å². The van der Waals surface area contributed by atoms with Crippen molar-refractivity contribution < 1.29 is 4.79 Å². The topological polar surface area (TPSA) is 82.4 Å². The molecule has 33 heavy (non-hydrogen) atoms. The van der Waals surface area contributed by atoms with Crippen molar-refractivity contribution in [1.29, 1.82) is 0 Å². The number of nitrogens with zero attached hydrogens (tertiary/aromatic N) is 6. The number of carbonyl (C=O) groups excluding carboxylic acids is 1. The summed E-state index contributed by atoms with van der Waals surface area (Å²) in [6.45, 7) is 8.28. The monoisotopic (exact) mass is 441 g/mol. The summed E-state index contributed by atoms with van der Waals surface area (Å²) in [5, 5.41) is 9.79. The quantitative estimate of drug-likeness (QED) is 0.492. The predicted molar refractivity (Wildman–Crippen MR) is 126 cm³/mol. The van der Waals surface area contributed by atoms with Crippen molar-refractivity contribution in [3.8, 4) is 11.1 Å². The highest BCUT2D eigenvalue weighted by Crippen LogP contribution is 2.39. The molecule has 6 heterocycles. The van der Waals surface area contributed by atoms with E-state index in [1.807, 2.05) is 35.5 Å². The van der Waals surface area contributed by atoms with Crippen molar-refractivity contribution in [2.45, 2.75) is 25.8 Å². The van der Waals surface area contributed by atoms with E-state index in [9.17, 15) is 4.79 Å². The molecule has 0 bridgehead atoms. The number of hydrogen-bond donors (Lipinski definition) is 1. The molecule has 1 N–H and O–H groups in total. The summed E-state index contributed by atoms with van der Waals surface area (Å²) in [5.74, 6) is 0.0566. The molecule has 2 saturated heterocycles. The van der Waals surface area contributed by atoms with Gasteiger partial charge >= 0.3 is 0 Å². The van der Waals surface area contributed by atoms with Crippen LogP contribution in [0, 0.1) is 5.41 Å². The third-order valence-corrected chi connectivity index (χ3v) is 7.24. The minimum absolute atomic E-state index is 0.0566. The lowest BCUT2D eigenvalue weighted by atomic mass is 9.79. The molecule has 0 radical (unpaired) electrons. The minimum Gasteiger partial charge on any atom is -0.342 e. The van der Waals surface area contributed by atoms with Gasteiger partial charge in [0.05, 0.1) is 11.7 Å². The maximum Gasteiger partial charge on any atom is 0.245 e. The Balaban J connectivity index is 1.26. The van der Waals surface area contributed by atoms with Crippen LogP contribution in [0.2, 0.25) is 0 Å². The van der Waals surface area contributed by atoms with E-state index in [4.69, 9.17) is 0 Å². The van der Waals surface area contributed by atoms with Gasteiger partial charge in [-0.1, -0.05) is 6.58 Å². The minimum atomic E-state index is 0.0566. The van der Waals surface area contributed by atoms with Gasteiger partial charge in [-0.05, 0) is 61.7 Å². The molecule has 1 amide bonds. The lowest BCUT2D eigenvalue weighted by Gasteiger charge is -2.40. The van der Waals surface area contributed by atoms with Crippen molar-refractivity contribution in [3.63, 3.8) is 0 Å². The van der Waals surface area contributed by atoms with Crippen LogP contribution < -0.4 is 0 Å². The molecule has 2 aliphatic rings. The highest BCUT2D eigenvalue weighted by atomic mass is 16.2. The fourth-order valence-electron chi connectivity index (χ4n) is 5.71. The van der Waals surface area contributed by atoms with Gasteiger partial charge in [-0.2, -0.15) is 14.8 Å². The maximum atomic E-state index is 12.1. The Hall–Kier alpha value is -3.52. The van der Waals surface area contributed by atoms with Gasteiger partial charge in [-0.25, -0.2) is 4.98 Å². The average Bonchev–Trinajstić information content (AvgIpc) is 3.55. The number of pyridine rings is 1. The molecule has 8 nitrogen and oxygen atoms in total. The highest BCUT2D eigenvalue weighted by Gasteiger charge is 2.42. The molecule has 2 aliphatic heterocycles. The van der Waals surface area contributed by atoms with Gasteiger partial charge < -0.3 is 9.88 Å². The van der Waals surface area contributed by atoms with Gasteiger partial charge in [0.1, 0.15) is 5.65 Å². The second kappa shape index (κ2) is 7.81. The number of amides is 1. The Morgan fingerprint density at radius 1 is 1.15 bits per heavy atom. The van der Waals surface area contributed by atoms with Crippen LogP contribution in [0.1, 0.15) is 25.0 Å². The first-order valence-electron chi connectivity index (χ1n) is 11.5. The van der Waals surface area contributed by atoms with E-state index in [0.717, 1.165) is 78.9 Å². The van der Waals surface area contributed by atoms with E-state index < -0.39 is 0 Å². The lowest BCUT2D eigenvalue weighted by Crippen LogP contribution is -2.44. The molecule has 0 aliphatic carbocycles. The number of piperidine rings is 1. The van der Waals surface area contributed by atoms with Crippen molar-refractivity contribution in [2.24, 2.45) is 5.41 Å². The normalized spacial score (nSPS) is 21.4. The Labute approximate surface area is 191 Å². The van der Waals surface area contributed by atoms with E-state index in [-0.39, 0.29) is 11.3 Å². The van der Waals surface area contributed by atoms with Gasteiger partial charge in [0.25, 0.3) is 0 Å². The molecular formula is C25H27N7O. The summed E-state index contributed by atoms with van der Waals surface area (Å²) in [6.07, 6.45) is 10.3. The molecule has 168 valence electrons. The van der Waals surface area contributed by atoms with E-state index in [2.05, 4.69) is 37.7 Å². The van der Waals surface area contributed by atoms with Crippen LogP contribution in [0.4, 0.5) is 0 Å². The molecule has 1 atom stereocenters. The summed E-state index contributed by atoms with van der Waals surface area (Å²) >= 11 is 0. The Morgan fingerprint density at radius 3 is 3.00 bits per heavy atom. The fourth-order valence-corrected chi connectivity index (χ4v) is 5.71. The number of hydrogen-bond acceptors (Lipinski definition) is 5. The first-order chi connectivity index (χ1) is 16.1. The number of H-pyrrole nitrogens is 1. The molecule has 0 aromatic carbocycles. The van der Waals surface area contributed by atoms with Crippen LogP contribution >= 0.6 is 0 Å². The maximum absolute atomic E-state index is 12.1. The molecular weight excluding hydrogens is 414 g/mol. The summed E-state index contributed by atoms with van der Waals surface area (Å²) in [5.41, 5.74) is 5.39. The Morgan fingerprint density at radius 2 is 2.09 bits per heavy atom. The number of nitrogens with one attached hydrogen (secondary N) is 1. The first-order valence-corrected chi connectivity index (χ1v) is 11.5. The van der Waals surface area contributed by atoms with Gasteiger partial charge in [0, 0.05) is 60.6 Å². The number of fused-ring (bicyclic) bond motifs is 2. The summed E-state index contributed by atoms with van der Waals surface area (Å²) in [4.78, 5) is 24.7. The molecule has 4 aromatic heterocycles. The second-order valence-electron chi connectivity index (χ2n) is 9.40. The molecule has 0 saturated carbocycles. The van der Waals surface area contributed by atoms with Gasteiger partial charge in [0.15, 0.2) is 0 Å². The molecule has 1 spiro atoms. The summed E-state index contributed by atoms with van der Waals surface area (Å²) < 4.78 is 1.66. The summed E-state index contributed by atoms with van der Waals surface area (Å²) in [7, 11) is 0. The molecule has 4 aromatic rings. The van der Waals surface area contributed by atoms with Crippen molar-refractivity contribution >= 4 is 22.5 Å². The summed E-state index contributed by atoms with van der Waals surface area (Å²) in [6, 6.07) is 8.23. The van der Waals surface area contributed by atoms with Crippen molar-refractivity contribution in [1.82, 2.24) is 34.6 Å². The van der Waals surface area contributed by atoms with Gasteiger partial charge in [-0.3, -0.25) is 9.69 Å². The van der Waals surface area contributed by atoms with Crippen LogP contribution in [0.15, 0.2) is 55.5 Å². The number of rotatable bonds is 4. The largest absolute Gasteiger partial charge is 0.342 e. The third kappa shape index (κ3) is 3.51. The van der Waals surface area contributed by atoms with E-state index in [1.165, 1.54) is 12.5 Å². The number of aromatic nitrogens is 5. The first kappa shape index (κ1) is 20.1. The number of aromatic amines is 1. The van der Waals surface area contributed by atoms with E-state index >= 15 is 0 Å². The SMILES string of the molecule is C=CC(=O)N1CCC2(CCCN(Cc3cc4c(-c5cnn6ncccc56)ccnc4[nH]3)C2)C1. The molecule has 6 rings (SSSR count). The number of carbonyl (C=O) groups is 1. The van der Waals surface area contributed by atoms with Crippen LogP contribution in [0.5, 0.6) is 0 Å². The van der Waals surface area contributed by atoms with Crippen LogP contribution in [0.25, 0.3) is 27.7 Å². The van der Waals surface area contributed by atoms with E-state index in [1.54, 1.807) is 10.8 Å². The highest BCUT2D eigenvalue weighted by molar-refractivity contribution is 5.97. The van der Waals surface area contributed by atoms with Gasteiger partial charge in [0.2, 0.25) is 5.91 Å². The van der Waals surface area contributed by atoms with Crippen LogP contribution in [-0.4, -0.2) is 66.7 Å². The molecule has 1 unspecified atom stereocenters. The average molecular weight is 442 g/mol. The Kier molecular flexibility index (Phi) is 4.76. The van der Waals surface area contributed by atoms with Crippen LogP contribution in [0.3, 0.4) is 0 Å². The fraction of sp³-hybridized carbons (Fsp3) is 0.360. The smallest absolute Gasteiger partial charge is 0.245 e. The zero-order valence-corrected chi connectivity index (χ0v) is 18.6. The van der Waals surface area contributed by atoms with Gasteiger partial charge in [-0.15, -0.1) is 0 Å². The third-order valence-electron chi connectivity index (χ3n) is 7.24. The predicted octanol–water partition coefficient (Wildman–Crippen LogP) is 3.27. The second-order valence-corrected chi connectivity index (χ2v) is 9.40.